The molecular weight excluding hydrogens is 330 g/mol. The molecule has 2 heterocycles. The second kappa shape index (κ2) is 7.43. The SMILES string of the molecule is CN[C@H]1CCCN(C(=O)Cc2csc(-c3ccccc3Cl)n2)C1. The van der Waals surface area contributed by atoms with E-state index in [0.29, 0.717) is 17.5 Å². The van der Waals surface area contributed by atoms with Gasteiger partial charge in [-0.1, -0.05) is 29.8 Å². The Kier molecular flexibility index (Phi) is 5.30. The molecule has 4 nitrogen and oxygen atoms in total. The average Bonchev–Trinajstić information content (AvgIpc) is 3.03. The molecule has 1 atom stereocenters. The summed E-state index contributed by atoms with van der Waals surface area (Å²) in [6, 6.07) is 8.06. The summed E-state index contributed by atoms with van der Waals surface area (Å²) in [5, 5.41) is 6.77. The third-order valence-corrected chi connectivity index (χ3v) is 5.42. The number of likely N-dealkylation sites (N-methyl/N-ethyl adjacent to an activating group) is 1. The normalized spacial score (nSPS) is 18.2. The van der Waals surface area contributed by atoms with Gasteiger partial charge in [-0.05, 0) is 26.0 Å². The fourth-order valence-corrected chi connectivity index (χ4v) is 3.99. The maximum Gasteiger partial charge on any atom is 0.228 e. The number of likely N-dealkylation sites (tertiary alicyclic amines) is 1. The third-order valence-electron chi connectivity index (χ3n) is 4.17. The number of hydrogen-bond donors (Lipinski definition) is 1. The van der Waals surface area contributed by atoms with Gasteiger partial charge in [0.15, 0.2) is 0 Å². The van der Waals surface area contributed by atoms with Crippen molar-refractivity contribution in [3.8, 4) is 10.6 Å². The van der Waals surface area contributed by atoms with Crippen molar-refractivity contribution in [1.29, 1.82) is 0 Å². The van der Waals surface area contributed by atoms with Crippen molar-refractivity contribution in [1.82, 2.24) is 15.2 Å². The number of amides is 1. The van der Waals surface area contributed by atoms with Crippen LogP contribution < -0.4 is 5.32 Å². The Bertz CT molecular complexity index is 688. The third kappa shape index (κ3) is 3.91. The molecule has 0 unspecified atom stereocenters. The van der Waals surface area contributed by atoms with Crippen LogP contribution in [-0.2, 0) is 11.2 Å². The van der Waals surface area contributed by atoms with Crippen molar-refractivity contribution in [3.05, 3.63) is 40.4 Å². The van der Waals surface area contributed by atoms with E-state index in [1.54, 1.807) is 0 Å². The first-order valence-corrected chi connectivity index (χ1v) is 9.07. The van der Waals surface area contributed by atoms with E-state index in [1.807, 2.05) is 41.6 Å². The second-order valence-electron chi connectivity index (χ2n) is 5.77. The van der Waals surface area contributed by atoms with E-state index in [9.17, 15) is 4.79 Å². The number of nitrogens with one attached hydrogen (secondary N) is 1. The van der Waals surface area contributed by atoms with Crippen LogP contribution in [0.3, 0.4) is 0 Å². The quantitative estimate of drug-likeness (QED) is 0.921. The summed E-state index contributed by atoms with van der Waals surface area (Å²) >= 11 is 7.74. The molecule has 1 N–H and O–H groups in total. The van der Waals surface area contributed by atoms with Crippen LogP contribution in [0.5, 0.6) is 0 Å². The molecule has 0 aliphatic carbocycles. The van der Waals surface area contributed by atoms with Gasteiger partial charge in [-0.3, -0.25) is 4.79 Å². The molecule has 1 aliphatic heterocycles. The number of piperidine rings is 1. The Hall–Kier alpha value is -1.43. The Morgan fingerprint density at radius 1 is 1.48 bits per heavy atom. The number of nitrogens with zero attached hydrogens (tertiary/aromatic N) is 2. The lowest BCUT2D eigenvalue weighted by molar-refractivity contribution is -0.131. The molecule has 0 radical (unpaired) electrons. The molecule has 1 aromatic heterocycles. The Balaban J connectivity index is 1.67. The highest BCUT2D eigenvalue weighted by atomic mass is 35.5. The Morgan fingerprint density at radius 3 is 3.09 bits per heavy atom. The van der Waals surface area contributed by atoms with Crippen LogP contribution in [0.15, 0.2) is 29.6 Å². The average molecular weight is 350 g/mol. The number of carbonyl (C=O) groups is 1. The fourth-order valence-electron chi connectivity index (χ4n) is 2.85. The molecule has 1 fully saturated rings. The van der Waals surface area contributed by atoms with Gasteiger partial charge in [0.05, 0.1) is 17.1 Å². The van der Waals surface area contributed by atoms with Crippen molar-refractivity contribution < 1.29 is 4.79 Å². The van der Waals surface area contributed by atoms with Crippen molar-refractivity contribution in [2.45, 2.75) is 25.3 Å². The molecule has 1 aromatic carbocycles. The smallest absolute Gasteiger partial charge is 0.228 e. The van der Waals surface area contributed by atoms with Crippen molar-refractivity contribution >= 4 is 28.8 Å². The first-order chi connectivity index (χ1) is 11.2. The molecule has 1 amide bonds. The number of rotatable bonds is 4. The first kappa shape index (κ1) is 16.4. The van der Waals surface area contributed by atoms with Crippen molar-refractivity contribution in [2.75, 3.05) is 20.1 Å². The van der Waals surface area contributed by atoms with Gasteiger partial charge in [0.2, 0.25) is 5.91 Å². The zero-order valence-corrected chi connectivity index (χ0v) is 14.7. The minimum absolute atomic E-state index is 0.154. The summed E-state index contributed by atoms with van der Waals surface area (Å²) < 4.78 is 0. The minimum atomic E-state index is 0.154. The van der Waals surface area contributed by atoms with Gasteiger partial charge in [-0.15, -0.1) is 11.3 Å². The van der Waals surface area contributed by atoms with Crippen LogP contribution in [0.2, 0.25) is 5.02 Å². The predicted octanol–water partition coefficient (Wildman–Crippen LogP) is 3.22. The largest absolute Gasteiger partial charge is 0.341 e. The zero-order valence-electron chi connectivity index (χ0n) is 13.1. The van der Waals surface area contributed by atoms with E-state index in [2.05, 4.69) is 10.3 Å². The van der Waals surface area contributed by atoms with E-state index in [-0.39, 0.29) is 5.91 Å². The molecule has 0 spiro atoms. The minimum Gasteiger partial charge on any atom is -0.341 e. The molecule has 0 bridgehead atoms. The van der Waals surface area contributed by atoms with Gasteiger partial charge in [0.1, 0.15) is 5.01 Å². The van der Waals surface area contributed by atoms with E-state index in [0.717, 1.165) is 42.2 Å². The summed E-state index contributed by atoms with van der Waals surface area (Å²) in [6.07, 6.45) is 2.55. The number of hydrogen-bond acceptors (Lipinski definition) is 4. The topological polar surface area (TPSA) is 45.2 Å². The Labute approximate surface area is 145 Å². The summed E-state index contributed by atoms with van der Waals surface area (Å²) in [6.45, 7) is 1.63. The van der Waals surface area contributed by atoms with Crippen LogP contribution in [-0.4, -0.2) is 42.0 Å². The maximum atomic E-state index is 12.5. The van der Waals surface area contributed by atoms with Crippen molar-refractivity contribution in [2.24, 2.45) is 0 Å². The second-order valence-corrected chi connectivity index (χ2v) is 7.03. The van der Waals surface area contributed by atoms with E-state index < -0.39 is 0 Å². The van der Waals surface area contributed by atoms with Crippen molar-refractivity contribution in [3.63, 3.8) is 0 Å². The summed E-state index contributed by atoms with van der Waals surface area (Å²) in [7, 11) is 1.95. The van der Waals surface area contributed by atoms with E-state index >= 15 is 0 Å². The Morgan fingerprint density at radius 2 is 2.30 bits per heavy atom. The van der Waals surface area contributed by atoms with Crippen LogP contribution in [0.1, 0.15) is 18.5 Å². The van der Waals surface area contributed by atoms with Gasteiger partial charge in [-0.2, -0.15) is 0 Å². The first-order valence-electron chi connectivity index (χ1n) is 7.81. The van der Waals surface area contributed by atoms with Gasteiger partial charge < -0.3 is 10.2 Å². The molecule has 3 rings (SSSR count). The standard InChI is InChI=1S/C17H20ClN3OS/c1-19-12-5-4-8-21(10-12)16(22)9-13-11-23-17(20-13)14-6-2-3-7-15(14)18/h2-3,6-7,11-12,19H,4-5,8-10H2,1H3/t12-/m0/s1. The summed E-state index contributed by atoms with van der Waals surface area (Å²) in [4.78, 5) is 19.0. The predicted molar refractivity (Wildman–Crippen MR) is 94.9 cm³/mol. The molecule has 122 valence electrons. The number of benzene rings is 1. The molecule has 2 aromatic rings. The van der Waals surface area contributed by atoms with E-state index in [4.69, 9.17) is 11.6 Å². The van der Waals surface area contributed by atoms with Gasteiger partial charge >= 0.3 is 0 Å². The summed E-state index contributed by atoms with van der Waals surface area (Å²) in [5.74, 6) is 0.154. The maximum absolute atomic E-state index is 12.5. The highest BCUT2D eigenvalue weighted by Gasteiger charge is 2.23. The lowest BCUT2D eigenvalue weighted by Gasteiger charge is -2.32. The zero-order chi connectivity index (χ0) is 16.2. The summed E-state index contributed by atoms with van der Waals surface area (Å²) in [5.41, 5.74) is 1.74. The highest BCUT2D eigenvalue weighted by Crippen LogP contribution is 2.30. The lowest BCUT2D eigenvalue weighted by atomic mass is 10.1. The number of aromatic nitrogens is 1. The molecule has 1 saturated heterocycles. The molecule has 23 heavy (non-hydrogen) atoms. The number of thiazole rings is 1. The van der Waals surface area contributed by atoms with Crippen LogP contribution >= 0.6 is 22.9 Å². The van der Waals surface area contributed by atoms with Crippen LogP contribution in [0.4, 0.5) is 0 Å². The van der Waals surface area contributed by atoms with Gasteiger partial charge in [0.25, 0.3) is 0 Å². The van der Waals surface area contributed by atoms with Gasteiger partial charge in [0, 0.05) is 30.1 Å². The number of carbonyl (C=O) groups excluding carboxylic acids is 1. The number of halogens is 1. The van der Waals surface area contributed by atoms with E-state index in [1.165, 1.54) is 11.3 Å². The molecule has 6 heteroatoms. The van der Waals surface area contributed by atoms with Gasteiger partial charge in [-0.25, -0.2) is 4.98 Å². The monoisotopic (exact) mass is 349 g/mol. The molecule has 0 saturated carbocycles. The molecular formula is C17H20ClN3OS. The van der Waals surface area contributed by atoms with Crippen LogP contribution in [0.25, 0.3) is 10.6 Å². The fraction of sp³-hybridized carbons (Fsp3) is 0.412. The lowest BCUT2D eigenvalue weighted by Crippen LogP contribution is -2.47. The van der Waals surface area contributed by atoms with Crippen LogP contribution in [0, 0.1) is 0 Å². The molecule has 1 aliphatic rings. The highest BCUT2D eigenvalue weighted by molar-refractivity contribution is 7.13.